The average Bonchev–Trinajstić information content (AvgIpc) is 2.59. The lowest BCUT2D eigenvalue weighted by Crippen LogP contribution is -2.29. The van der Waals surface area contributed by atoms with Crippen LogP contribution in [0.25, 0.3) is 0 Å². The van der Waals surface area contributed by atoms with Crippen molar-refractivity contribution in [2.24, 2.45) is 0 Å². The van der Waals surface area contributed by atoms with E-state index in [4.69, 9.17) is 24.6 Å². The Morgan fingerprint density at radius 1 is 1.08 bits per heavy atom. The Bertz CT molecular complexity index is 517. The molecule has 0 spiro atoms. The van der Waals surface area contributed by atoms with Crippen LogP contribution in [0.5, 0.6) is 5.75 Å². The van der Waals surface area contributed by atoms with Crippen LogP contribution in [0.1, 0.15) is 18.4 Å². The fourth-order valence-electron chi connectivity index (χ4n) is 2.28. The van der Waals surface area contributed by atoms with Crippen LogP contribution in [0.4, 0.5) is 5.69 Å². The summed E-state index contributed by atoms with van der Waals surface area (Å²) in [5.74, 6) is 0.715. The third kappa shape index (κ3) is 6.06. The zero-order chi connectivity index (χ0) is 17.2. The van der Waals surface area contributed by atoms with E-state index in [0.717, 1.165) is 17.7 Å². The van der Waals surface area contributed by atoms with Gasteiger partial charge in [0.25, 0.3) is 0 Å². The van der Waals surface area contributed by atoms with Gasteiger partial charge in [-0.25, -0.2) is 0 Å². The average molecular weight is 340 g/mol. The first-order chi connectivity index (χ1) is 11.7. The summed E-state index contributed by atoms with van der Waals surface area (Å²) in [7, 11) is 0. The number of carbonyl (C=O) groups excluding carboxylic acids is 1. The van der Waals surface area contributed by atoms with E-state index < -0.39 is 0 Å². The number of hydrogen-bond acceptors (Lipinski definition) is 7. The number of aliphatic hydroxyl groups is 2. The minimum Gasteiger partial charge on any atom is -0.493 e. The smallest absolute Gasteiger partial charge is 0.224 e. The van der Waals surface area contributed by atoms with Gasteiger partial charge in [0.1, 0.15) is 5.75 Å². The second kappa shape index (κ2) is 10.2. The Morgan fingerprint density at radius 3 is 2.54 bits per heavy atom. The molecule has 0 saturated carbocycles. The highest BCUT2D eigenvalue weighted by molar-refractivity contribution is 5.94. The summed E-state index contributed by atoms with van der Waals surface area (Å²) in [6.07, 6.45) is 1.89. The van der Waals surface area contributed by atoms with Crippen LogP contribution in [-0.2, 0) is 20.9 Å². The Labute approximate surface area is 140 Å². The number of benzene rings is 1. The predicted octanol–water partition coefficient (Wildman–Crippen LogP) is 0.490. The molecule has 0 saturated heterocycles. The summed E-state index contributed by atoms with van der Waals surface area (Å²) in [5, 5.41) is 21.6. The van der Waals surface area contributed by atoms with E-state index in [2.05, 4.69) is 5.32 Å². The number of hydroxylamine groups is 2. The van der Waals surface area contributed by atoms with E-state index in [-0.39, 0.29) is 32.3 Å². The molecule has 1 amide bonds. The molecule has 134 valence electrons. The van der Waals surface area contributed by atoms with Gasteiger partial charge in [-0.1, -0.05) is 11.3 Å². The van der Waals surface area contributed by atoms with E-state index in [1.54, 1.807) is 0 Å². The SMILES string of the molecule is O=C1CCc2ccc(OCCCN(OCCO)OCCO)cc2N1. The molecule has 24 heavy (non-hydrogen) atoms. The third-order valence-corrected chi connectivity index (χ3v) is 3.38. The first-order valence-electron chi connectivity index (χ1n) is 8.03. The molecule has 1 aromatic carbocycles. The summed E-state index contributed by atoms with van der Waals surface area (Å²) in [5.41, 5.74) is 1.92. The van der Waals surface area contributed by atoms with Gasteiger partial charge in [-0.05, 0) is 24.5 Å². The number of aliphatic hydroxyl groups excluding tert-OH is 2. The van der Waals surface area contributed by atoms with Gasteiger partial charge in [-0.15, -0.1) is 0 Å². The quantitative estimate of drug-likeness (QED) is 0.398. The van der Waals surface area contributed by atoms with Crippen molar-refractivity contribution in [3.63, 3.8) is 0 Å². The minimum absolute atomic E-state index is 0.0253. The Morgan fingerprint density at radius 2 is 1.83 bits per heavy atom. The summed E-state index contributed by atoms with van der Waals surface area (Å²) in [6, 6.07) is 5.68. The van der Waals surface area contributed by atoms with Crippen LogP contribution in [-0.4, -0.2) is 60.9 Å². The molecule has 0 aliphatic carbocycles. The van der Waals surface area contributed by atoms with E-state index >= 15 is 0 Å². The third-order valence-electron chi connectivity index (χ3n) is 3.38. The van der Waals surface area contributed by atoms with Crippen LogP contribution in [0.2, 0.25) is 0 Å². The van der Waals surface area contributed by atoms with Crippen LogP contribution in [0, 0.1) is 0 Å². The molecule has 0 aromatic heterocycles. The normalized spacial score (nSPS) is 13.7. The van der Waals surface area contributed by atoms with Crippen molar-refractivity contribution in [3.8, 4) is 5.75 Å². The summed E-state index contributed by atoms with van der Waals surface area (Å²) < 4.78 is 5.68. The van der Waals surface area contributed by atoms with Crippen molar-refractivity contribution in [3.05, 3.63) is 23.8 Å². The van der Waals surface area contributed by atoms with E-state index in [1.807, 2.05) is 18.2 Å². The Balaban J connectivity index is 1.74. The second-order valence-corrected chi connectivity index (χ2v) is 5.24. The molecule has 1 aromatic rings. The molecule has 8 nitrogen and oxygen atoms in total. The van der Waals surface area contributed by atoms with Crippen molar-refractivity contribution in [1.82, 2.24) is 5.23 Å². The van der Waals surface area contributed by atoms with Gasteiger partial charge < -0.3 is 20.3 Å². The number of amides is 1. The number of rotatable bonds is 11. The van der Waals surface area contributed by atoms with Crippen LogP contribution >= 0.6 is 0 Å². The molecular formula is C16H24N2O6. The zero-order valence-electron chi connectivity index (χ0n) is 13.6. The van der Waals surface area contributed by atoms with E-state index in [9.17, 15) is 4.79 Å². The van der Waals surface area contributed by atoms with Gasteiger partial charge in [-0.3, -0.25) is 14.5 Å². The highest BCUT2D eigenvalue weighted by Crippen LogP contribution is 2.27. The Kier molecular flexibility index (Phi) is 7.93. The lowest BCUT2D eigenvalue weighted by atomic mass is 10.0. The molecule has 0 bridgehead atoms. The summed E-state index contributed by atoms with van der Waals surface area (Å²) in [6.45, 7) is 0.885. The van der Waals surface area contributed by atoms with Crippen molar-refractivity contribution < 1.29 is 29.4 Å². The maximum atomic E-state index is 11.4. The number of hydrogen-bond donors (Lipinski definition) is 3. The van der Waals surface area contributed by atoms with Crippen molar-refractivity contribution in [2.45, 2.75) is 19.3 Å². The minimum atomic E-state index is -0.115. The van der Waals surface area contributed by atoms with Gasteiger partial charge in [0.05, 0.1) is 39.6 Å². The fraction of sp³-hybridized carbons (Fsp3) is 0.562. The Hall–Kier alpha value is -1.71. The highest BCUT2D eigenvalue weighted by atomic mass is 16.9. The second-order valence-electron chi connectivity index (χ2n) is 5.24. The molecule has 8 heteroatoms. The van der Waals surface area contributed by atoms with Gasteiger partial charge in [-0.2, -0.15) is 0 Å². The summed E-state index contributed by atoms with van der Waals surface area (Å²) >= 11 is 0. The lowest BCUT2D eigenvalue weighted by Gasteiger charge is -2.20. The molecule has 3 N–H and O–H groups in total. The van der Waals surface area contributed by atoms with Crippen molar-refractivity contribution in [2.75, 3.05) is 44.9 Å². The van der Waals surface area contributed by atoms with Crippen LogP contribution < -0.4 is 10.1 Å². The van der Waals surface area contributed by atoms with Gasteiger partial charge >= 0.3 is 0 Å². The fourth-order valence-corrected chi connectivity index (χ4v) is 2.28. The van der Waals surface area contributed by atoms with Gasteiger partial charge in [0, 0.05) is 18.2 Å². The van der Waals surface area contributed by atoms with Gasteiger partial charge in [0.2, 0.25) is 5.91 Å². The zero-order valence-corrected chi connectivity index (χ0v) is 13.6. The standard InChI is InChI=1S/C16H24N2O6/c19-7-10-23-18(24-11-8-20)6-1-9-22-14-4-2-13-3-5-16(21)17-15(13)12-14/h2,4,12,19-20H,1,3,5-11H2,(H,17,21). The lowest BCUT2D eigenvalue weighted by molar-refractivity contribution is -0.371. The maximum Gasteiger partial charge on any atom is 0.224 e. The number of nitrogens with zero attached hydrogens (tertiary/aromatic N) is 1. The van der Waals surface area contributed by atoms with Crippen LogP contribution in [0.15, 0.2) is 18.2 Å². The molecular weight excluding hydrogens is 316 g/mol. The highest BCUT2D eigenvalue weighted by Gasteiger charge is 2.15. The number of nitrogens with one attached hydrogen (secondary N) is 1. The number of carbonyl (C=O) groups is 1. The number of aryl methyl sites for hydroxylation is 1. The monoisotopic (exact) mass is 340 g/mol. The first-order valence-corrected chi connectivity index (χ1v) is 8.03. The number of ether oxygens (including phenoxy) is 1. The molecule has 1 heterocycles. The van der Waals surface area contributed by atoms with Crippen LogP contribution in [0.3, 0.4) is 0 Å². The largest absolute Gasteiger partial charge is 0.493 e. The summed E-state index contributed by atoms with van der Waals surface area (Å²) in [4.78, 5) is 21.8. The molecule has 1 aliphatic rings. The maximum absolute atomic E-state index is 11.4. The van der Waals surface area contributed by atoms with Crippen molar-refractivity contribution in [1.29, 1.82) is 0 Å². The number of anilines is 1. The van der Waals surface area contributed by atoms with E-state index in [1.165, 1.54) is 5.23 Å². The predicted molar refractivity (Wildman–Crippen MR) is 86.3 cm³/mol. The molecule has 0 radical (unpaired) electrons. The first kappa shape index (κ1) is 18.6. The molecule has 1 aliphatic heterocycles. The van der Waals surface area contributed by atoms with Gasteiger partial charge in [0.15, 0.2) is 0 Å². The molecule has 0 atom stereocenters. The molecule has 2 rings (SSSR count). The van der Waals surface area contributed by atoms with E-state index in [0.29, 0.717) is 31.7 Å². The number of fused-ring (bicyclic) bond motifs is 1. The molecule has 0 fully saturated rings. The molecule has 0 unspecified atom stereocenters. The topological polar surface area (TPSA) is 100 Å². The van der Waals surface area contributed by atoms with Crippen molar-refractivity contribution >= 4 is 11.6 Å².